The van der Waals surface area contributed by atoms with Crippen LogP contribution in [0.15, 0.2) is 24.3 Å². The van der Waals surface area contributed by atoms with E-state index in [-0.39, 0.29) is 0 Å². The van der Waals surface area contributed by atoms with Crippen molar-refractivity contribution < 1.29 is 39.9 Å². The van der Waals surface area contributed by atoms with Crippen LogP contribution in [-0.4, -0.2) is 20.6 Å². The second-order valence-electron chi connectivity index (χ2n) is 4.77. The van der Waals surface area contributed by atoms with Gasteiger partial charge in [0.25, 0.3) is 5.91 Å². The van der Waals surface area contributed by atoms with Gasteiger partial charge in [0.2, 0.25) is 10.0 Å². The molecule has 0 aromatic heterocycles. The molecule has 0 heterocycles. The van der Waals surface area contributed by atoms with E-state index < -0.39 is 62.1 Å². The minimum Gasteiger partial charge on any atom is -0.454 e. The van der Waals surface area contributed by atoms with Crippen LogP contribution < -0.4 is 9.46 Å². The van der Waals surface area contributed by atoms with Crippen molar-refractivity contribution >= 4 is 15.9 Å². The molecule has 0 radical (unpaired) electrons. The second-order valence-corrected chi connectivity index (χ2v) is 6.52. The third-order valence-corrected chi connectivity index (χ3v) is 3.29. The molecule has 0 saturated carbocycles. The van der Waals surface area contributed by atoms with Gasteiger partial charge in [-0.15, -0.1) is 0 Å². The molecule has 2 aromatic rings. The molecule has 25 heavy (non-hydrogen) atoms. The Morgan fingerprint density at radius 3 is 2.00 bits per heavy atom. The van der Waals surface area contributed by atoms with Crippen molar-refractivity contribution in [3.63, 3.8) is 0 Å². The van der Waals surface area contributed by atoms with Crippen molar-refractivity contribution in [3.05, 3.63) is 58.9 Å². The van der Waals surface area contributed by atoms with Gasteiger partial charge in [-0.05, 0) is 6.07 Å². The maximum atomic E-state index is 13.9. The minimum absolute atomic E-state index is 0.335. The Morgan fingerprint density at radius 2 is 1.48 bits per heavy atom. The van der Waals surface area contributed by atoms with E-state index in [2.05, 4.69) is 0 Å². The minimum atomic E-state index is -4.01. The average Bonchev–Trinajstić information content (AvgIpc) is 2.46. The van der Waals surface area contributed by atoms with E-state index in [9.17, 15) is 35.2 Å². The molecule has 0 aliphatic heterocycles. The van der Waals surface area contributed by atoms with Crippen LogP contribution in [0.5, 0.6) is 11.5 Å². The van der Waals surface area contributed by atoms with Crippen molar-refractivity contribution in [1.29, 1.82) is 0 Å². The molecule has 0 spiro atoms. The number of hydrogen-bond acceptors (Lipinski definition) is 4. The lowest BCUT2D eigenvalue weighted by Crippen LogP contribution is -2.30. The highest BCUT2D eigenvalue weighted by Crippen LogP contribution is 2.29. The fourth-order valence-electron chi connectivity index (χ4n) is 1.72. The zero-order valence-corrected chi connectivity index (χ0v) is 13.1. The van der Waals surface area contributed by atoms with E-state index in [0.29, 0.717) is 30.5 Å². The number of ether oxygens (including phenoxy) is 1. The van der Waals surface area contributed by atoms with Crippen LogP contribution in [0.2, 0.25) is 0 Å². The Morgan fingerprint density at radius 1 is 0.920 bits per heavy atom. The van der Waals surface area contributed by atoms with Gasteiger partial charge in [-0.3, -0.25) is 4.79 Å². The summed E-state index contributed by atoms with van der Waals surface area (Å²) >= 11 is 0. The third kappa shape index (κ3) is 4.44. The molecule has 0 atom stereocenters. The zero-order chi connectivity index (χ0) is 18.9. The first-order valence-electron chi connectivity index (χ1n) is 6.31. The number of amides is 1. The fourth-order valence-corrected chi connectivity index (χ4v) is 2.17. The maximum Gasteiger partial charge on any atom is 0.267 e. The smallest absolute Gasteiger partial charge is 0.267 e. The highest BCUT2D eigenvalue weighted by molar-refractivity contribution is 7.89. The summed E-state index contributed by atoms with van der Waals surface area (Å²) in [6.07, 6.45) is 0.633. The molecular formula is C14H8F5NO4S. The molecule has 0 fully saturated rings. The summed E-state index contributed by atoms with van der Waals surface area (Å²) in [4.78, 5) is 11.6. The van der Waals surface area contributed by atoms with Gasteiger partial charge in [-0.25, -0.2) is 35.1 Å². The lowest BCUT2D eigenvalue weighted by Gasteiger charge is -2.10. The van der Waals surface area contributed by atoms with Crippen LogP contribution in [-0.2, 0) is 10.0 Å². The highest BCUT2D eigenvalue weighted by atomic mass is 32.2. The molecule has 134 valence electrons. The second kappa shape index (κ2) is 6.67. The number of rotatable bonds is 4. The van der Waals surface area contributed by atoms with Crippen molar-refractivity contribution in [3.8, 4) is 11.5 Å². The molecule has 0 aliphatic carbocycles. The standard InChI is InChI=1S/C14H8F5NO4S/c1-25(22,23)20-14(21)7-4-9(16)12(5-8(7)15)24-6-2-10(17)13(19)11(18)3-6/h2-5H,1H3,(H,20,21). The van der Waals surface area contributed by atoms with E-state index >= 15 is 0 Å². The summed E-state index contributed by atoms with van der Waals surface area (Å²) in [6, 6.07) is 1.51. The number of benzene rings is 2. The Labute approximate surface area is 138 Å². The Balaban J connectivity index is 2.36. The monoisotopic (exact) mass is 381 g/mol. The molecule has 2 aromatic carbocycles. The van der Waals surface area contributed by atoms with Crippen LogP contribution in [0.1, 0.15) is 10.4 Å². The molecule has 11 heteroatoms. The Hall–Kier alpha value is -2.69. The molecule has 0 bridgehead atoms. The number of carbonyl (C=O) groups is 1. The highest BCUT2D eigenvalue weighted by Gasteiger charge is 2.20. The van der Waals surface area contributed by atoms with Gasteiger partial charge in [0, 0.05) is 18.2 Å². The number of nitrogens with one attached hydrogen (secondary N) is 1. The molecule has 1 amide bonds. The number of carbonyl (C=O) groups excluding carboxylic acids is 1. The van der Waals surface area contributed by atoms with E-state index in [1.54, 1.807) is 0 Å². The summed E-state index contributed by atoms with van der Waals surface area (Å²) in [5, 5.41) is 0. The summed E-state index contributed by atoms with van der Waals surface area (Å²) in [7, 11) is -4.01. The van der Waals surface area contributed by atoms with Gasteiger partial charge in [-0.2, -0.15) is 0 Å². The molecule has 2 rings (SSSR count). The molecule has 0 unspecified atom stereocenters. The van der Waals surface area contributed by atoms with Gasteiger partial charge in [0.05, 0.1) is 11.8 Å². The zero-order valence-electron chi connectivity index (χ0n) is 12.2. The molecule has 0 saturated heterocycles. The number of hydrogen-bond donors (Lipinski definition) is 1. The van der Waals surface area contributed by atoms with Gasteiger partial charge >= 0.3 is 0 Å². The van der Waals surface area contributed by atoms with Crippen molar-refractivity contribution in [2.24, 2.45) is 0 Å². The summed E-state index contributed by atoms with van der Waals surface area (Å²) in [5.74, 6) is -10.6. The normalized spacial score (nSPS) is 11.3. The molecule has 0 aliphatic rings. The van der Waals surface area contributed by atoms with Crippen molar-refractivity contribution in [2.75, 3.05) is 6.26 Å². The van der Waals surface area contributed by atoms with Gasteiger partial charge in [0.1, 0.15) is 11.6 Å². The largest absolute Gasteiger partial charge is 0.454 e. The lowest BCUT2D eigenvalue weighted by molar-refractivity contribution is 0.0977. The van der Waals surface area contributed by atoms with Crippen LogP contribution in [0.4, 0.5) is 22.0 Å². The fraction of sp³-hybridized carbons (Fsp3) is 0.0714. The molecule has 1 N–H and O–H groups in total. The first-order chi connectivity index (χ1) is 11.5. The van der Waals surface area contributed by atoms with Gasteiger partial charge in [0.15, 0.2) is 29.0 Å². The average molecular weight is 381 g/mol. The summed E-state index contributed by atoms with van der Waals surface area (Å²) in [5.41, 5.74) is -0.938. The number of halogens is 5. The first-order valence-corrected chi connectivity index (χ1v) is 8.20. The third-order valence-electron chi connectivity index (χ3n) is 2.73. The first kappa shape index (κ1) is 18.6. The summed E-state index contributed by atoms with van der Waals surface area (Å²) < 4.78 is 94.8. The maximum absolute atomic E-state index is 13.9. The van der Waals surface area contributed by atoms with Crippen LogP contribution in [0.25, 0.3) is 0 Å². The van der Waals surface area contributed by atoms with Crippen molar-refractivity contribution in [1.82, 2.24) is 4.72 Å². The van der Waals surface area contributed by atoms with E-state index in [4.69, 9.17) is 4.74 Å². The predicted molar refractivity (Wildman–Crippen MR) is 75.1 cm³/mol. The van der Waals surface area contributed by atoms with E-state index in [0.717, 1.165) is 0 Å². The van der Waals surface area contributed by atoms with E-state index in [1.807, 2.05) is 0 Å². The SMILES string of the molecule is CS(=O)(=O)NC(=O)c1cc(F)c(Oc2cc(F)c(F)c(F)c2)cc1F. The predicted octanol–water partition coefficient (Wildman–Crippen LogP) is 2.86. The van der Waals surface area contributed by atoms with Crippen molar-refractivity contribution in [2.45, 2.75) is 0 Å². The summed E-state index contributed by atoms with van der Waals surface area (Å²) in [6.45, 7) is 0. The van der Waals surface area contributed by atoms with Crippen LogP contribution in [0, 0.1) is 29.1 Å². The molecule has 5 nitrogen and oxygen atoms in total. The Bertz CT molecular complexity index is 939. The lowest BCUT2D eigenvalue weighted by atomic mass is 10.2. The Kier molecular flexibility index (Phi) is 4.97. The molecular weight excluding hydrogens is 373 g/mol. The van der Waals surface area contributed by atoms with Gasteiger partial charge in [-0.1, -0.05) is 0 Å². The van der Waals surface area contributed by atoms with Crippen LogP contribution in [0.3, 0.4) is 0 Å². The van der Waals surface area contributed by atoms with E-state index in [1.165, 1.54) is 4.72 Å². The van der Waals surface area contributed by atoms with Crippen LogP contribution >= 0.6 is 0 Å². The topological polar surface area (TPSA) is 72.5 Å². The quantitative estimate of drug-likeness (QED) is 0.653. The number of sulfonamides is 1. The van der Waals surface area contributed by atoms with Gasteiger partial charge < -0.3 is 4.74 Å².